The van der Waals surface area contributed by atoms with Crippen molar-refractivity contribution >= 4 is 11.6 Å². The molecule has 0 aliphatic carbocycles. The lowest BCUT2D eigenvalue weighted by molar-refractivity contribution is 0.0644. The molecule has 23 heavy (non-hydrogen) atoms. The van der Waals surface area contributed by atoms with Gasteiger partial charge in [-0.05, 0) is 37.1 Å². The van der Waals surface area contributed by atoms with Gasteiger partial charge in [-0.3, -0.25) is 4.79 Å². The van der Waals surface area contributed by atoms with Gasteiger partial charge in [0.1, 0.15) is 6.33 Å². The summed E-state index contributed by atoms with van der Waals surface area (Å²) < 4.78 is 0. The average Bonchev–Trinajstić information content (AvgIpc) is 2.89. The molecule has 2 aliphatic heterocycles. The molecule has 1 aromatic heterocycles. The maximum Gasteiger partial charge on any atom is 0.254 e. The zero-order chi connectivity index (χ0) is 16.0. The van der Waals surface area contributed by atoms with E-state index in [9.17, 15) is 4.79 Å². The van der Waals surface area contributed by atoms with Gasteiger partial charge in [0.05, 0.1) is 11.7 Å². The van der Waals surface area contributed by atoms with E-state index in [1.165, 1.54) is 0 Å². The lowest BCUT2D eigenvalue weighted by Crippen LogP contribution is -2.42. The molecular weight excluding hydrogens is 288 g/mol. The monoisotopic (exact) mass is 308 g/mol. The van der Waals surface area contributed by atoms with Gasteiger partial charge in [-0.2, -0.15) is 0 Å². The Kier molecular flexibility index (Phi) is 3.29. The van der Waals surface area contributed by atoms with E-state index in [1.54, 1.807) is 6.33 Å². The number of anilines is 1. The molecule has 2 atom stereocenters. The van der Waals surface area contributed by atoms with Gasteiger partial charge in [0.25, 0.3) is 5.91 Å². The first-order valence-electron chi connectivity index (χ1n) is 8.04. The highest BCUT2D eigenvalue weighted by molar-refractivity contribution is 5.95. The first kappa shape index (κ1) is 14.2. The van der Waals surface area contributed by atoms with Crippen molar-refractivity contribution in [2.45, 2.75) is 31.3 Å². The van der Waals surface area contributed by atoms with Gasteiger partial charge in [-0.15, -0.1) is 0 Å². The molecule has 118 valence electrons. The van der Waals surface area contributed by atoms with E-state index in [-0.39, 0.29) is 18.0 Å². The van der Waals surface area contributed by atoms with Crippen molar-refractivity contribution < 1.29 is 4.79 Å². The van der Waals surface area contributed by atoms with Gasteiger partial charge in [0, 0.05) is 49.6 Å². The molecule has 5 heteroatoms. The lowest BCUT2D eigenvalue weighted by Gasteiger charge is -2.35. The third kappa shape index (κ3) is 2.27. The van der Waals surface area contributed by atoms with Crippen LogP contribution in [0.5, 0.6) is 0 Å². The van der Waals surface area contributed by atoms with E-state index in [1.807, 2.05) is 49.5 Å². The summed E-state index contributed by atoms with van der Waals surface area (Å²) in [5.41, 5.74) is 4.09. The predicted octanol–water partition coefficient (Wildman–Crippen LogP) is 2.44. The predicted molar refractivity (Wildman–Crippen MR) is 88.4 cm³/mol. The largest absolute Gasteiger partial charge is 0.378 e. The molecule has 4 rings (SSSR count). The molecular formula is C18H20N4O. The van der Waals surface area contributed by atoms with Crippen molar-refractivity contribution in [2.24, 2.45) is 0 Å². The topological polar surface area (TPSA) is 49.3 Å². The number of carbonyl (C=O) groups is 1. The van der Waals surface area contributed by atoms with Crippen LogP contribution in [0.2, 0.25) is 0 Å². The zero-order valence-corrected chi connectivity index (χ0v) is 13.4. The van der Waals surface area contributed by atoms with Gasteiger partial charge < -0.3 is 9.80 Å². The number of hydrogen-bond acceptors (Lipinski definition) is 4. The second kappa shape index (κ2) is 5.33. The fourth-order valence-corrected chi connectivity index (χ4v) is 3.79. The first-order valence-corrected chi connectivity index (χ1v) is 8.04. The highest BCUT2D eigenvalue weighted by Gasteiger charge is 2.43. The molecule has 2 aliphatic rings. The quantitative estimate of drug-likeness (QED) is 0.855. The number of aromatic nitrogens is 2. The van der Waals surface area contributed by atoms with E-state index in [2.05, 4.69) is 14.9 Å². The van der Waals surface area contributed by atoms with Crippen LogP contribution in [0, 0.1) is 0 Å². The molecule has 0 N–H and O–H groups in total. The fraction of sp³-hybridized carbons (Fsp3) is 0.389. The van der Waals surface area contributed by atoms with Gasteiger partial charge in [-0.1, -0.05) is 0 Å². The second-order valence-electron chi connectivity index (χ2n) is 6.53. The number of nitrogens with zero attached hydrogens (tertiary/aromatic N) is 4. The van der Waals surface area contributed by atoms with E-state index in [0.717, 1.165) is 41.8 Å². The Hall–Kier alpha value is -2.43. The standard InChI is InChI=1S/C18H20N4O/c1-21(2)13-5-3-12(4-6-13)18(23)22-14-7-8-17(22)15-10-19-11-20-16(15)9-14/h3-6,10-11,14,17H,7-9H2,1-2H3. The molecule has 2 aromatic rings. The number of carbonyl (C=O) groups excluding carboxylic acids is 1. The van der Waals surface area contributed by atoms with Crippen molar-refractivity contribution in [1.29, 1.82) is 0 Å². The highest BCUT2D eigenvalue weighted by Crippen LogP contribution is 2.43. The summed E-state index contributed by atoms with van der Waals surface area (Å²) in [7, 11) is 4.00. The zero-order valence-electron chi connectivity index (χ0n) is 13.4. The molecule has 1 aromatic carbocycles. The minimum atomic E-state index is 0.123. The average molecular weight is 308 g/mol. The molecule has 2 bridgehead atoms. The second-order valence-corrected chi connectivity index (χ2v) is 6.53. The number of rotatable bonds is 2. The van der Waals surface area contributed by atoms with Crippen molar-refractivity contribution in [3.05, 3.63) is 53.6 Å². The normalized spacial score (nSPS) is 21.9. The third-order valence-corrected chi connectivity index (χ3v) is 4.98. The summed E-state index contributed by atoms with van der Waals surface area (Å²) in [6.45, 7) is 0. The first-order chi connectivity index (χ1) is 11.1. The maximum absolute atomic E-state index is 13.0. The van der Waals surface area contributed by atoms with Crippen molar-refractivity contribution in [1.82, 2.24) is 14.9 Å². The van der Waals surface area contributed by atoms with Crippen LogP contribution >= 0.6 is 0 Å². The Morgan fingerprint density at radius 3 is 2.74 bits per heavy atom. The molecule has 1 saturated heterocycles. The summed E-state index contributed by atoms with van der Waals surface area (Å²) in [4.78, 5) is 25.7. The summed E-state index contributed by atoms with van der Waals surface area (Å²) in [5, 5.41) is 0. The molecule has 3 heterocycles. The van der Waals surface area contributed by atoms with E-state index < -0.39 is 0 Å². The lowest BCUT2D eigenvalue weighted by atomic mass is 9.98. The molecule has 1 fully saturated rings. The number of benzene rings is 1. The van der Waals surface area contributed by atoms with Gasteiger partial charge in [0.15, 0.2) is 0 Å². The Labute approximate surface area is 136 Å². The van der Waals surface area contributed by atoms with Crippen LogP contribution in [0.3, 0.4) is 0 Å². The summed E-state index contributed by atoms with van der Waals surface area (Å²) in [6.07, 6.45) is 6.38. The van der Waals surface area contributed by atoms with Crippen LogP contribution < -0.4 is 4.90 Å². The molecule has 0 radical (unpaired) electrons. The summed E-state index contributed by atoms with van der Waals surface area (Å²) in [5.74, 6) is 0.123. The van der Waals surface area contributed by atoms with Crippen molar-refractivity contribution in [3.63, 3.8) is 0 Å². The fourth-order valence-electron chi connectivity index (χ4n) is 3.79. The molecule has 2 unspecified atom stereocenters. The van der Waals surface area contributed by atoms with Crippen molar-refractivity contribution in [3.8, 4) is 0 Å². The van der Waals surface area contributed by atoms with Crippen LogP contribution in [0.15, 0.2) is 36.8 Å². The van der Waals surface area contributed by atoms with Gasteiger partial charge in [0.2, 0.25) is 0 Å². The van der Waals surface area contributed by atoms with Crippen molar-refractivity contribution in [2.75, 3.05) is 19.0 Å². The van der Waals surface area contributed by atoms with E-state index in [0.29, 0.717) is 0 Å². The molecule has 5 nitrogen and oxygen atoms in total. The molecule has 0 spiro atoms. The number of hydrogen-bond donors (Lipinski definition) is 0. The highest BCUT2D eigenvalue weighted by atomic mass is 16.2. The SMILES string of the molecule is CN(C)c1ccc(C(=O)N2C3CCC2c2cncnc2C3)cc1. The van der Waals surface area contributed by atoms with Crippen LogP contribution in [-0.2, 0) is 6.42 Å². The Balaban J connectivity index is 1.65. The van der Waals surface area contributed by atoms with Crippen LogP contribution in [-0.4, -0.2) is 40.9 Å². The minimum Gasteiger partial charge on any atom is -0.378 e. The summed E-state index contributed by atoms with van der Waals surface area (Å²) in [6, 6.07) is 8.24. The molecule has 1 amide bonds. The van der Waals surface area contributed by atoms with Gasteiger partial charge in [-0.25, -0.2) is 9.97 Å². The Morgan fingerprint density at radius 1 is 1.22 bits per heavy atom. The Morgan fingerprint density at radius 2 is 2.00 bits per heavy atom. The van der Waals surface area contributed by atoms with Gasteiger partial charge >= 0.3 is 0 Å². The summed E-state index contributed by atoms with van der Waals surface area (Å²) >= 11 is 0. The number of amides is 1. The van der Waals surface area contributed by atoms with E-state index >= 15 is 0 Å². The maximum atomic E-state index is 13.0. The van der Waals surface area contributed by atoms with Crippen LogP contribution in [0.25, 0.3) is 0 Å². The smallest absolute Gasteiger partial charge is 0.254 e. The molecule has 0 saturated carbocycles. The minimum absolute atomic E-state index is 0.123. The van der Waals surface area contributed by atoms with Crippen LogP contribution in [0.1, 0.15) is 40.5 Å². The third-order valence-electron chi connectivity index (χ3n) is 4.98. The number of fused-ring (bicyclic) bond motifs is 4. The van der Waals surface area contributed by atoms with Crippen LogP contribution in [0.4, 0.5) is 5.69 Å². The Bertz CT molecular complexity index is 741. The van der Waals surface area contributed by atoms with E-state index in [4.69, 9.17) is 0 Å².